The summed E-state index contributed by atoms with van der Waals surface area (Å²) < 4.78 is 31.6. The average molecular weight is 301 g/mol. The van der Waals surface area contributed by atoms with Gasteiger partial charge < -0.3 is 8.92 Å². The third kappa shape index (κ3) is 8.01. The van der Waals surface area contributed by atoms with Gasteiger partial charge in [-0.2, -0.15) is 13.6 Å². The molecule has 0 saturated carbocycles. The van der Waals surface area contributed by atoms with E-state index >= 15 is 0 Å². The minimum absolute atomic E-state index is 0.180. The van der Waals surface area contributed by atoms with Crippen LogP contribution in [-0.2, 0) is 10.3 Å². The highest BCUT2D eigenvalue weighted by atomic mass is 32.2. The van der Waals surface area contributed by atoms with Crippen LogP contribution in [0.25, 0.3) is 0 Å². The van der Waals surface area contributed by atoms with Gasteiger partial charge in [-0.05, 0) is 30.7 Å². The third-order valence-electron chi connectivity index (χ3n) is 2.80. The first-order valence-electron chi connectivity index (χ1n) is 6.96. The number of benzene rings is 1. The Morgan fingerprint density at radius 3 is 2.10 bits per heavy atom. The molecule has 1 rings (SSSR count). The van der Waals surface area contributed by atoms with Gasteiger partial charge in [-0.1, -0.05) is 39.0 Å². The van der Waals surface area contributed by atoms with Gasteiger partial charge in [0.15, 0.2) is 0 Å². The molecule has 114 valence electrons. The quantitative estimate of drug-likeness (QED) is 0.674. The summed E-state index contributed by atoms with van der Waals surface area (Å²) in [7, 11) is -3.96. The van der Waals surface area contributed by atoms with Gasteiger partial charge in [-0.25, -0.2) is 0 Å². The maximum absolute atomic E-state index is 10.7. The third-order valence-corrected chi connectivity index (χ3v) is 3.23. The van der Waals surface area contributed by atoms with Crippen molar-refractivity contribution in [3.8, 4) is 11.5 Å². The lowest BCUT2D eigenvalue weighted by Crippen LogP contribution is -2.18. The molecule has 2 N–H and O–H groups in total. The smallest absolute Gasteiger partial charge is 0.380 e. The highest BCUT2D eigenvalue weighted by Crippen LogP contribution is 2.18. The van der Waals surface area contributed by atoms with E-state index in [0.717, 1.165) is 6.42 Å². The van der Waals surface area contributed by atoms with Crippen LogP contribution in [0.15, 0.2) is 24.3 Å². The SMILES string of the molecule is CCCCCCCCOc1ccc(OS(N)(=O)=O)cc1. The lowest BCUT2D eigenvalue weighted by molar-refractivity contribution is 0.304. The number of ether oxygens (including phenoxy) is 1. The van der Waals surface area contributed by atoms with E-state index in [1.165, 1.54) is 44.2 Å². The molecule has 0 aliphatic rings. The molecule has 0 fully saturated rings. The Bertz CT molecular complexity index is 470. The summed E-state index contributed by atoms with van der Waals surface area (Å²) in [6.45, 7) is 2.87. The lowest BCUT2D eigenvalue weighted by Gasteiger charge is -2.07. The highest BCUT2D eigenvalue weighted by molar-refractivity contribution is 7.84. The van der Waals surface area contributed by atoms with E-state index in [9.17, 15) is 8.42 Å². The van der Waals surface area contributed by atoms with Crippen LogP contribution in [0.4, 0.5) is 0 Å². The summed E-state index contributed by atoms with van der Waals surface area (Å²) >= 11 is 0. The van der Waals surface area contributed by atoms with Crippen molar-refractivity contribution in [3.05, 3.63) is 24.3 Å². The number of hydrogen-bond donors (Lipinski definition) is 1. The first-order chi connectivity index (χ1) is 9.51. The fourth-order valence-corrected chi connectivity index (χ4v) is 2.18. The predicted molar refractivity (Wildman–Crippen MR) is 79.0 cm³/mol. The van der Waals surface area contributed by atoms with Gasteiger partial charge in [-0.15, -0.1) is 0 Å². The number of hydrogen-bond acceptors (Lipinski definition) is 4. The van der Waals surface area contributed by atoms with Gasteiger partial charge in [0.25, 0.3) is 0 Å². The van der Waals surface area contributed by atoms with E-state index < -0.39 is 10.3 Å². The molecule has 20 heavy (non-hydrogen) atoms. The number of nitrogens with two attached hydrogens (primary N) is 1. The molecule has 0 amide bonds. The Balaban J connectivity index is 2.21. The summed E-state index contributed by atoms with van der Waals surface area (Å²) in [6.07, 6.45) is 7.29. The fourth-order valence-electron chi connectivity index (χ4n) is 1.80. The monoisotopic (exact) mass is 301 g/mol. The molecule has 0 aromatic heterocycles. The van der Waals surface area contributed by atoms with Crippen LogP contribution in [0.3, 0.4) is 0 Å². The van der Waals surface area contributed by atoms with Gasteiger partial charge >= 0.3 is 10.3 Å². The highest BCUT2D eigenvalue weighted by Gasteiger charge is 2.04. The molecule has 0 aliphatic carbocycles. The summed E-state index contributed by atoms with van der Waals surface area (Å²) in [5, 5.41) is 4.77. The summed E-state index contributed by atoms with van der Waals surface area (Å²) in [5.74, 6) is 0.875. The van der Waals surface area contributed by atoms with E-state index in [1.54, 1.807) is 12.1 Å². The van der Waals surface area contributed by atoms with Crippen molar-refractivity contribution in [1.29, 1.82) is 0 Å². The molecule has 1 aromatic carbocycles. The summed E-state index contributed by atoms with van der Waals surface area (Å²) in [6, 6.07) is 6.36. The van der Waals surface area contributed by atoms with Gasteiger partial charge in [0.05, 0.1) is 6.61 Å². The van der Waals surface area contributed by atoms with Crippen molar-refractivity contribution in [2.45, 2.75) is 45.4 Å². The van der Waals surface area contributed by atoms with E-state index in [2.05, 4.69) is 11.1 Å². The largest absolute Gasteiger partial charge is 0.494 e. The van der Waals surface area contributed by atoms with E-state index in [4.69, 9.17) is 9.88 Å². The first kappa shape index (κ1) is 16.8. The van der Waals surface area contributed by atoms with Gasteiger partial charge in [0.1, 0.15) is 11.5 Å². The zero-order chi connectivity index (χ0) is 14.8. The van der Waals surface area contributed by atoms with Gasteiger partial charge in [0.2, 0.25) is 0 Å². The maximum Gasteiger partial charge on any atom is 0.380 e. The lowest BCUT2D eigenvalue weighted by atomic mass is 10.1. The molecule has 0 heterocycles. The summed E-state index contributed by atoms with van der Waals surface area (Å²) in [4.78, 5) is 0. The van der Waals surface area contributed by atoms with Crippen LogP contribution >= 0.6 is 0 Å². The topological polar surface area (TPSA) is 78.6 Å². The van der Waals surface area contributed by atoms with Crippen LogP contribution in [-0.4, -0.2) is 15.0 Å². The minimum atomic E-state index is -3.96. The first-order valence-corrected chi connectivity index (χ1v) is 8.43. The molecule has 6 heteroatoms. The van der Waals surface area contributed by atoms with Crippen molar-refractivity contribution >= 4 is 10.3 Å². The van der Waals surface area contributed by atoms with Crippen molar-refractivity contribution in [3.63, 3.8) is 0 Å². The van der Waals surface area contributed by atoms with Crippen molar-refractivity contribution in [2.75, 3.05) is 6.61 Å². The minimum Gasteiger partial charge on any atom is -0.494 e. The Morgan fingerprint density at radius 1 is 0.950 bits per heavy atom. The Morgan fingerprint density at radius 2 is 1.50 bits per heavy atom. The molecule has 0 radical (unpaired) electrons. The van der Waals surface area contributed by atoms with E-state index in [1.807, 2.05) is 0 Å². The molecule has 0 bridgehead atoms. The van der Waals surface area contributed by atoms with E-state index in [0.29, 0.717) is 12.4 Å². The molecule has 0 unspecified atom stereocenters. The van der Waals surface area contributed by atoms with E-state index in [-0.39, 0.29) is 5.75 Å². The van der Waals surface area contributed by atoms with Crippen molar-refractivity contribution in [1.82, 2.24) is 0 Å². The average Bonchev–Trinajstić information content (AvgIpc) is 2.38. The number of unbranched alkanes of at least 4 members (excludes halogenated alkanes) is 5. The van der Waals surface area contributed by atoms with Crippen LogP contribution in [0.1, 0.15) is 45.4 Å². The Labute approximate surface area is 121 Å². The standard InChI is InChI=1S/C14H23NO4S/c1-2-3-4-5-6-7-12-18-13-8-10-14(11-9-13)19-20(15,16)17/h8-11H,2-7,12H2,1H3,(H2,15,16,17). The second-order valence-electron chi connectivity index (χ2n) is 4.66. The van der Waals surface area contributed by atoms with Gasteiger partial charge in [0, 0.05) is 0 Å². The maximum atomic E-state index is 10.7. The molecule has 0 aliphatic heterocycles. The van der Waals surface area contributed by atoms with Crippen molar-refractivity contribution in [2.24, 2.45) is 5.14 Å². The second kappa shape index (κ2) is 8.81. The molecule has 0 spiro atoms. The zero-order valence-corrected chi connectivity index (χ0v) is 12.7. The molecule has 0 saturated heterocycles. The predicted octanol–water partition coefficient (Wildman–Crippen LogP) is 3.01. The van der Waals surface area contributed by atoms with Crippen LogP contribution in [0.5, 0.6) is 11.5 Å². The molecule has 0 atom stereocenters. The molecular weight excluding hydrogens is 278 g/mol. The van der Waals surface area contributed by atoms with Crippen molar-refractivity contribution < 1.29 is 17.3 Å². The molecule has 5 nitrogen and oxygen atoms in total. The van der Waals surface area contributed by atoms with Crippen LogP contribution < -0.4 is 14.1 Å². The van der Waals surface area contributed by atoms with Gasteiger partial charge in [-0.3, -0.25) is 0 Å². The Kier molecular flexibility index (Phi) is 7.40. The zero-order valence-electron chi connectivity index (χ0n) is 11.9. The van der Waals surface area contributed by atoms with Crippen LogP contribution in [0.2, 0.25) is 0 Å². The normalized spacial score (nSPS) is 11.3. The Hall–Kier alpha value is -1.27. The van der Waals surface area contributed by atoms with Crippen LogP contribution in [0, 0.1) is 0 Å². The second-order valence-corrected chi connectivity index (χ2v) is 5.82. The summed E-state index contributed by atoms with van der Waals surface area (Å²) in [5.41, 5.74) is 0. The molecular formula is C14H23NO4S. The fraction of sp³-hybridized carbons (Fsp3) is 0.571. The number of rotatable bonds is 10. The molecule has 1 aromatic rings.